The Morgan fingerprint density at radius 2 is 1.93 bits per heavy atom. The minimum atomic E-state index is -0.185. The first-order valence-electron chi connectivity index (χ1n) is 8.43. The number of nitrogens with one attached hydrogen (secondary N) is 1. The lowest BCUT2D eigenvalue weighted by Crippen LogP contribution is -2.20. The van der Waals surface area contributed by atoms with Gasteiger partial charge in [0, 0.05) is 32.4 Å². The highest BCUT2D eigenvalue weighted by Gasteiger charge is 2.05. The van der Waals surface area contributed by atoms with Gasteiger partial charge in [0.05, 0.1) is 7.11 Å². The maximum atomic E-state index is 12.0. The van der Waals surface area contributed by atoms with Gasteiger partial charge in [-0.1, -0.05) is 18.2 Å². The first-order chi connectivity index (χ1) is 13.0. The minimum absolute atomic E-state index is 0.0521. The summed E-state index contributed by atoms with van der Waals surface area (Å²) in [6.07, 6.45) is 3.17. The zero-order valence-electron chi connectivity index (χ0n) is 15.7. The van der Waals surface area contributed by atoms with Crippen molar-refractivity contribution in [1.82, 2.24) is 5.32 Å². The summed E-state index contributed by atoms with van der Waals surface area (Å²) in [6.45, 7) is 0.407. The number of amides is 1. The lowest BCUT2D eigenvalue weighted by atomic mass is 10.2. The number of carbonyl (C=O) groups excluding carboxylic acids is 1. The zero-order valence-corrected chi connectivity index (χ0v) is 15.7. The van der Waals surface area contributed by atoms with Crippen LogP contribution in [0.15, 0.2) is 48.5 Å². The number of benzene rings is 2. The van der Waals surface area contributed by atoms with Gasteiger partial charge in [-0.2, -0.15) is 5.26 Å². The molecule has 140 valence electrons. The highest BCUT2D eigenvalue weighted by Crippen LogP contribution is 2.28. The van der Waals surface area contributed by atoms with Crippen molar-refractivity contribution in [3.63, 3.8) is 0 Å². The van der Waals surface area contributed by atoms with E-state index in [4.69, 9.17) is 14.7 Å². The van der Waals surface area contributed by atoms with E-state index in [-0.39, 0.29) is 12.5 Å². The Balaban J connectivity index is 1.93. The average molecular weight is 365 g/mol. The Kier molecular flexibility index (Phi) is 7.26. The van der Waals surface area contributed by atoms with E-state index in [1.54, 1.807) is 24.3 Å². The lowest BCUT2D eigenvalue weighted by Gasteiger charge is -2.12. The Labute approximate surface area is 159 Å². The molecule has 6 nitrogen and oxygen atoms in total. The number of methoxy groups -OCH3 is 1. The SMILES string of the molecule is COc1cc(/C=C/C(=O)NCc2ccc(N(C)C)cc2)ccc1OCC#N. The van der Waals surface area contributed by atoms with Crippen LogP contribution in [0, 0.1) is 11.3 Å². The topological polar surface area (TPSA) is 74.6 Å². The number of hydrogen-bond acceptors (Lipinski definition) is 5. The van der Waals surface area contributed by atoms with Crippen molar-refractivity contribution in [2.45, 2.75) is 6.54 Å². The predicted octanol–water partition coefficient (Wildman–Crippen LogP) is 2.99. The lowest BCUT2D eigenvalue weighted by molar-refractivity contribution is -0.116. The molecule has 1 N–H and O–H groups in total. The van der Waals surface area contributed by atoms with E-state index < -0.39 is 0 Å². The molecule has 0 spiro atoms. The number of rotatable bonds is 8. The molecule has 0 aliphatic carbocycles. The van der Waals surface area contributed by atoms with Crippen molar-refractivity contribution in [2.24, 2.45) is 0 Å². The molecule has 2 rings (SSSR count). The maximum Gasteiger partial charge on any atom is 0.244 e. The van der Waals surface area contributed by atoms with Gasteiger partial charge in [0.2, 0.25) is 5.91 Å². The van der Waals surface area contributed by atoms with Gasteiger partial charge in [-0.3, -0.25) is 4.79 Å². The van der Waals surface area contributed by atoms with Crippen LogP contribution < -0.4 is 19.7 Å². The highest BCUT2D eigenvalue weighted by molar-refractivity contribution is 5.91. The summed E-state index contributed by atoms with van der Waals surface area (Å²) in [5, 5.41) is 11.4. The Bertz CT molecular complexity index is 837. The molecule has 0 saturated heterocycles. The van der Waals surface area contributed by atoms with E-state index in [2.05, 4.69) is 5.32 Å². The van der Waals surface area contributed by atoms with Crippen LogP contribution in [0.4, 0.5) is 5.69 Å². The van der Waals surface area contributed by atoms with Crippen molar-refractivity contribution in [3.05, 3.63) is 59.7 Å². The number of nitriles is 1. The van der Waals surface area contributed by atoms with E-state index in [0.717, 1.165) is 16.8 Å². The van der Waals surface area contributed by atoms with Gasteiger partial charge in [-0.15, -0.1) is 0 Å². The highest BCUT2D eigenvalue weighted by atomic mass is 16.5. The summed E-state index contributed by atoms with van der Waals surface area (Å²) < 4.78 is 10.5. The van der Waals surface area contributed by atoms with Gasteiger partial charge >= 0.3 is 0 Å². The van der Waals surface area contributed by atoms with Crippen LogP contribution in [0.5, 0.6) is 11.5 Å². The minimum Gasteiger partial charge on any atom is -0.493 e. The molecule has 0 fully saturated rings. The van der Waals surface area contributed by atoms with E-state index in [1.165, 1.54) is 13.2 Å². The molecule has 0 aliphatic rings. The Morgan fingerprint density at radius 1 is 1.19 bits per heavy atom. The summed E-state index contributed by atoms with van der Waals surface area (Å²) in [4.78, 5) is 14.1. The summed E-state index contributed by atoms with van der Waals surface area (Å²) in [5.41, 5.74) is 2.94. The number of hydrogen-bond donors (Lipinski definition) is 1. The molecule has 0 aliphatic heterocycles. The predicted molar refractivity (Wildman–Crippen MR) is 106 cm³/mol. The van der Waals surface area contributed by atoms with E-state index in [0.29, 0.717) is 18.0 Å². The van der Waals surface area contributed by atoms with Gasteiger partial charge in [-0.25, -0.2) is 0 Å². The second-order valence-electron chi connectivity index (χ2n) is 5.97. The quantitative estimate of drug-likeness (QED) is 0.728. The first-order valence-corrected chi connectivity index (χ1v) is 8.43. The number of carbonyl (C=O) groups is 1. The van der Waals surface area contributed by atoms with E-state index in [9.17, 15) is 4.79 Å². The third-order valence-corrected chi connectivity index (χ3v) is 3.83. The number of nitrogens with zero attached hydrogens (tertiary/aromatic N) is 2. The Morgan fingerprint density at radius 3 is 2.56 bits per heavy atom. The van der Waals surface area contributed by atoms with Crippen LogP contribution in [-0.2, 0) is 11.3 Å². The third kappa shape index (κ3) is 6.08. The second-order valence-corrected chi connectivity index (χ2v) is 5.97. The molecular formula is C21H23N3O3. The summed E-state index contributed by atoms with van der Waals surface area (Å²) in [6, 6.07) is 15.2. The maximum absolute atomic E-state index is 12.0. The van der Waals surface area contributed by atoms with Gasteiger partial charge in [0.25, 0.3) is 0 Å². The van der Waals surface area contributed by atoms with Crippen molar-refractivity contribution in [3.8, 4) is 17.6 Å². The molecule has 0 radical (unpaired) electrons. The zero-order chi connectivity index (χ0) is 19.6. The van der Waals surface area contributed by atoms with Crippen molar-refractivity contribution in [1.29, 1.82) is 5.26 Å². The van der Waals surface area contributed by atoms with Crippen molar-refractivity contribution in [2.75, 3.05) is 32.7 Å². The molecule has 0 unspecified atom stereocenters. The van der Waals surface area contributed by atoms with Crippen LogP contribution in [0.25, 0.3) is 6.08 Å². The molecule has 0 heterocycles. The Hall–Kier alpha value is -3.46. The molecule has 2 aromatic carbocycles. The molecule has 1 amide bonds. The molecule has 0 aromatic heterocycles. The van der Waals surface area contributed by atoms with Crippen LogP contribution >= 0.6 is 0 Å². The normalized spacial score (nSPS) is 10.3. The average Bonchev–Trinajstić information content (AvgIpc) is 2.69. The van der Waals surface area contributed by atoms with E-state index >= 15 is 0 Å². The summed E-state index contributed by atoms with van der Waals surface area (Å²) in [7, 11) is 5.49. The third-order valence-electron chi connectivity index (χ3n) is 3.83. The van der Waals surface area contributed by atoms with Crippen molar-refractivity contribution < 1.29 is 14.3 Å². The molecule has 27 heavy (non-hydrogen) atoms. The van der Waals surface area contributed by atoms with Gasteiger partial charge in [0.15, 0.2) is 18.1 Å². The van der Waals surface area contributed by atoms with Gasteiger partial charge in [0.1, 0.15) is 6.07 Å². The molecular weight excluding hydrogens is 342 g/mol. The fourth-order valence-electron chi connectivity index (χ4n) is 2.35. The smallest absolute Gasteiger partial charge is 0.244 e. The van der Waals surface area contributed by atoms with E-state index in [1.807, 2.05) is 49.3 Å². The second kappa shape index (κ2) is 9.88. The van der Waals surface area contributed by atoms with Crippen LogP contribution in [0.1, 0.15) is 11.1 Å². The molecule has 0 bridgehead atoms. The fourth-order valence-corrected chi connectivity index (χ4v) is 2.35. The molecule has 2 aromatic rings. The van der Waals surface area contributed by atoms with Crippen LogP contribution in [0.2, 0.25) is 0 Å². The summed E-state index contributed by atoms with van der Waals surface area (Å²) >= 11 is 0. The van der Waals surface area contributed by atoms with Crippen molar-refractivity contribution >= 4 is 17.7 Å². The number of anilines is 1. The standard InChI is InChI=1S/C21H23N3O3/c1-24(2)18-8-4-17(5-9-18)15-23-21(25)11-7-16-6-10-19(27-13-12-22)20(14-16)26-3/h4-11,14H,13,15H2,1-3H3,(H,23,25)/b11-7+. The molecule has 0 saturated carbocycles. The molecule has 0 atom stereocenters. The fraction of sp³-hybridized carbons (Fsp3) is 0.238. The monoisotopic (exact) mass is 365 g/mol. The largest absolute Gasteiger partial charge is 0.493 e. The van der Waals surface area contributed by atoms with Crippen LogP contribution in [0.3, 0.4) is 0 Å². The van der Waals surface area contributed by atoms with Gasteiger partial charge in [-0.05, 0) is 41.5 Å². The molecule has 6 heteroatoms. The summed E-state index contributed by atoms with van der Waals surface area (Å²) in [5.74, 6) is 0.811. The number of ether oxygens (including phenoxy) is 2. The van der Waals surface area contributed by atoms with Crippen LogP contribution in [-0.4, -0.2) is 33.7 Å². The first kappa shape index (κ1) is 19.9. The van der Waals surface area contributed by atoms with Gasteiger partial charge < -0.3 is 19.7 Å².